The van der Waals surface area contributed by atoms with Gasteiger partial charge in [0.05, 0.1) is 12.7 Å². The summed E-state index contributed by atoms with van der Waals surface area (Å²) in [6.07, 6.45) is 0. The van der Waals surface area contributed by atoms with E-state index in [1.807, 2.05) is 0 Å². The molecule has 1 aromatic carbocycles. The maximum atomic E-state index is 13.1. The molecule has 1 saturated heterocycles. The Kier molecular flexibility index (Phi) is 6.82. The van der Waals surface area contributed by atoms with E-state index in [1.165, 1.54) is 0 Å². The van der Waals surface area contributed by atoms with Gasteiger partial charge in [0.15, 0.2) is 5.92 Å². The fraction of sp³-hybridized carbons (Fsp3) is 0.409. The Balaban J connectivity index is 1.84. The van der Waals surface area contributed by atoms with E-state index in [0.717, 1.165) is 23.8 Å². The summed E-state index contributed by atoms with van der Waals surface area (Å²) in [6.45, 7) is 5.03. The number of methoxy groups -OCH3 is 1. The third kappa shape index (κ3) is 4.87. The molecule has 2 aliphatic rings. The molecule has 2 heterocycles. The molecule has 0 aromatic heterocycles. The molecule has 10 nitrogen and oxygen atoms in total. The number of benzene rings is 1. The number of nitrogens with zero attached hydrogens (tertiary/aromatic N) is 1. The van der Waals surface area contributed by atoms with Crippen LogP contribution in [0.5, 0.6) is 0 Å². The molecule has 0 bridgehead atoms. The van der Waals surface area contributed by atoms with Crippen molar-refractivity contribution in [2.45, 2.75) is 43.7 Å². The average Bonchev–Trinajstić information content (AvgIpc) is 2.75. The second-order valence-electron chi connectivity index (χ2n) is 8.40. The predicted octanol–water partition coefficient (Wildman–Crippen LogP) is 1.02. The number of ether oxygens (including phenoxy) is 2. The maximum absolute atomic E-state index is 13.1. The van der Waals surface area contributed by atoms with Gasteiger partial charge in [-0.25, -0.2) is 9.59 Å². The van der Waals surface area contributed by atoms with Gasteiger partial charge in [0.2, 0.25) is 5.91 Å². The molecule has 0 radical (unpaired) electrons. The fourth-order valence-corrected chi connectivity index (χ4v) is 4.86. The van der Waals surface area contributed by atoms with E-state index >= 15 is 0 Å². The largest absolute Gasteiger partial charge is 0.477 e. The molecule has 2 N–H and O–H groups in total. The molecule has 3 rings (SSSR count). The van der Waals surface area contributed by atoms with Crippen LogP contribution in [-0.4, -0.2) is 69.6 Å². The molecule has 1 aromatic rings. The van der Waals surface area contributed by atoms with Crippen LogP contribution in [0.4, 0.5) is 0 Å². The zero-order valence-electron chi connectivity index (χ0n) is 18.5. The molecule has 0 spiro atoms. The number of carbonyl (C=O) groups is 5. The minimum atomic E-state index is -1.45. The Hall–Kier alpha value is -3.34. The summed E-state index contributed by atoms with van der Waals surface area (Å²) in [5.74, 6) is -5.83. The molecule has 2 unspecified atom stereocenters. The number of amides is 2. The minimum Gasteiger partial charge on any atom is -0.477 e. The Labute approximate surface area is 194 Å². The minimum absolute atomic E-state index is 0.0106. The van der Waals surface area contributed by atoms with Gasteiger partial charge in [0.1, 0.15) is 22.7 Å². The summed E-state index contributed by atoms with van der Waals surface area (Å²) in [6, 6.07) is 7.22. The van der Waals surface area contributed by atoms with Gasteiger partial charge >= 0.3 is 17.9 Å². The lowest BCUT2D eigenvalue weighted by Crippen LogP contribution is -2.71. The first-order chi connectivity index (χ1) is 15.5. The zero-order chi connectivity index (χ0) is 24.5. The molecule has 2 amide bonds. The van der Waals surface area contributed by atoms with Crippen molar-refractivity contribution >= 4 is 41.5 Å². The topological polar surface area (TPSA) is 139 Å². The van der Waals surface area contributed by atoms with E-state index in [4.69, 9.17) is 4.74 Å². The molecule has 0 aliphatic carbocycles. The van der Waals surface area contributed by atoms with Crippen LogP contribution in [0.1, 0.15) is 32.3 Å². The van der Waals surface area contributed by atoms with Crippen LogP contribution in [-0.2, 0) is 33.4 Å². The van der Waals surface area contributed by atoms with Gasteiger partial charge < -0.3 is 19.9 Å². The van der Waals surface area contributed by atoms with Crippen LogP contribution in [0.3, 0.4) is 0 Å². The van der Waals surface area contributed by atoms with Crippen LogP contribution in [0.2, 0.25) is 0 Å². The van der Waals surface area contributed by atoms with E-state index in [9.17, 15) is 29.1 Å². The van der Waals surface area contributed by atoms with Crippen LogP contribution < -0.4 is 5.32 Å². The van der Waals surface area contributed by atoms with Crippen molar-refractivity contribution in [1.82, 2.24) is 10.2 Å². The normalized spacial score (nSPS) is 20.8. The maximum Gasteiger partial charge on any atom is 0.353 e. The highest BCUT2D eigenvalue weighted by Gasteiger charge is 2.55. The number of carboxylic acids is 1. The Morgan fingerprint density at radius 2 is 1.82 bits per heavy atom. The van der Waals surface area contributed by atoms with Gasteiger partial charge in [-0.05, 0) is 26.3 Å². The first-order valence-electron chi connectivity index (χ1n) is 10.0. The molecular formula is C22H24N2O8S. The summed E-state index contributed by atoms with van der Waals surface area (Å²) in [5.41, 5.74) is -1.05. The summed E-state index contributed by atoms with van der Waals surface area (Å²) in [4.78, 5) is 63.4. The summed E-state index contributed by atoms with van der Waals surface area (Å²) < 4.78 is 10.0. The number of fused-ring (bicyclic) bond motifs is 1. The number of esters is 2. The van der Waals surface area contributed by atoms with Crippen molar-refractivity contribution in [1.29, 1.82) is 0 Å². The van der Waals surface area contributed by atoms with Gasteiger partial charge in [-0.1, -0.05) is 30.3 Å². The number of rotatable bonds is 6. The van der Waals surface area contributed by atoms with Gasteiger partial charge in [0, 0.05) is 5.75 Å². The second-order valence-corrected chi connectivity index (χ2v) is 9.50. The molecule has 33 heavy (non-hydrogen) atoms. The van der Waals surface area contributed by atoms with Crippen LogP contribution >= 0.6 is 11.8 Å². The average molecular weight is 477 g/mol. The molecule has 11 heteroatoms. The van der Waals surface area contributed by atoms with Gasteiger partial charge in [-0.2, -0.15) is 0 Å². The zero-order valence-corrected chi connectivity index (χ0v) is 19.3. The van der Waals surface area contributed by atoms with E-state index in [-0.39, 0.29) is 11.3 Å². The summed E-state index contributed by atoms with van der Waals surface area (Å²) in [7, 11) is 1.12. The Morgan fingerprint density at radius 1 is 1.18 bits per heavy atom. The SMILES string of the molecule is COC(=O)C1=C(C(=O)O)N2C(=O)C(NC(=O)C(C(=O)OC(C)(C)C)c3ccccc3)[C@H]2SC1. The van der Waals surface area contributed by atoms with Crippen molar-refractivity contribution in [3.63, 3.8) is 0 Å². The number of hydrogen-bond donors (Lipinski definition) is 2. The summed E-state index contributed by atoms with van der Waals surface area (Å²) in [5, 5.41) is 11.4. The van der Waals surface area contributed by atoms with Crippen molar-refractivity contribution in [3.8, 4) is 0 Å². The molecule has 0 saturated carbocycles. The van der Waals surface area contributed by atoms with Gasteiger partial charge in [0.25, 0.3) is 5.91 Å². The number of carboxylic acid groups (broad SMARTS) is 1. The lowest BCUT2D eigenvalue weighted by molar-refractivity contribution is -0.160. The first kappa shape index (κ1) is 24.3. The van der Waals surface area contributed by atoms with Gasteiger partial charge in [-0.3, -0.25) is 19.3 Å². The van der Waals surface area contributed by atoms with Crippen molar-refractivity contribution < 1.29 is 38.6 Å². The number of nitrogens with one attached hydrogen (secondary N) is 1. The lowest BCUT2D eigenvalue weighted by atomic mass is 9.96. The van der Waals surface area contributed by atoms with Crippen molar-refractivity contribution in [3.05, 3.63) is 47.2 Å². The highest BCUT2D eigenvalue weighted by Crippen LogP contribution is 2.41. The number of aliphatic carboxylic acids is 1. The number of thioether (sulfide) groups is 1. The number of β-lactam (4-membered cyclic amide) rings is 1. The van der Waals surface area contributed by atoms with Crippen LogP contribution in [0, 0.1) is 0 Å². The molecule has 1 fully saturated rings. The Morgan fingerprint density at radius 3 is 2.36 bits per heavy atom. The molecular weight excluding hydrogens is 452 g/mol. The second kappa shape index (κ2) is 9.26. The van der Waals surface area contributed by atoms with Crippen molar-refractivity contribution in [2.75, 3.05) is 12.9 Å². The number of hydrogen-bond acceptors (Lipinski definition) is 8. The van der Waals surface area contributed by atoms with E-state index in [2.05, 4.69) is 10.1 Å². The van der Waals surface area contributed by atoms with E-state index < -0.39 is 58.4 Å². The van der Waals surface area contributed by atoms with Gasteiger partial charge in [-0.15, -0.1) is 11.8 Å². The van der Waals surface area contributed by atoms with Crippen LogP contribution in [0.15, 0.2) is 41.6 Å². The highest BCUT2D eigenvalue weighted by atomic mass is 32.2. The number of carbonyl (C=O) groups excluding carboxylic acids is 4. The lowest BCUT2D eigenvalue weighted by Gasteiger charge is -2.49. The molecule has 3 atom stereocenters. The van der Waals surface area contributed by atoms with E-state index in [1.54, 1.807) is 51.1 Å². The third-order valence-corrected chi connectivity index (χ3v) is 6.22. The third-order valence-electron chi connectivity index (χ3n) is 4.94. The monoisotopic (exact) mass is 476 g/mol. The summed E-state index contributed by atoms with van der Waals surface area (Å²) >= 11 is 1.12. The Bertz CT molecular complexity index is 1030. The predicted molar refractivity (Wildman–Crippen MR) is 117 cm³/mol. The quantitative estimate of drug-likeness (QED) is 0.350. The molecule has 2 aliphatic heterocycles. The smallest absolute Gasteiger partial charge is 0.353 e. The first-order valence-corrected chi connectivity index (χ1v) is 11.1. The van der Waals surface area contributed by atoms with Crippen molar-refractivity contribution in [2.24, 2.45) is 0 Å². The molecule has 176 valence electrons. The standard InChI is InChI=1S/C22H24N2O8S/c1-22(2,3)32-21(30)13(11-8-6-5-7-9-11)16(25)23-14-17(26)24-15(19(27)28)12(20(29)31-4)10-33-18(14)24/h5-9,13-14,18H,10H2,1-4H3,(H,23,25)(H,27,28)/t13?,14?,18-/m1/s1. The fourth-order valence-electron chi connectivity index (χ4n) is 3.54. The highest BCUT2D eigenvalue weighted by molar-refractivity contribution is 8.00. The van der Waals surface area contributed by atoms with E-state index in [0.29, 0.717) is 5.56 Å². The van der Waals surface area contributed by atoms with Crippen LogP contribution in [0.25, 0.3) is 0 Å².